The largest absolute Gasteiger partial charge is 0.375 e. The van der Waals surface area contributed by atoms with Crippen LogP contribution in [-0.2, 0) is 9.53 Å². The maximum atomic E-state index is 11.6. The molecule has 0 aliphatic carbocycles. The molecule has 1 amide bonds. The van der Waals surface area contributed by atoms with E-state index >= 15 is 0 Å². The van der Waals surface area contributed by atoms with Crippen LogP contribution in [0.4, 0.5) is 5.82 Å². The number of amides is 1. The summed E-state index contributed by atoms with van der Waals surface area (Å²) in [5.74, 6) is 0.354. The number of methoxy groups -OCH3 is 1. The van der Waals surface area contributed by atoms with Gasteiger partial charge in [-0.1, -0.05) is 17.7 Å². The Hall–Kier alpha value is -1.85. The first kappa shape index (κ1) is 13.6. The Morgan fingerprint density at radius 1 is 1.47 bits per heavy atom. The monoisotopic (exact) mass is 279 g/mol. The first-order valence-electron chi connectivity index (χ1n) is 5.71. The molecule has 0 aliphatic heterocycles. The van der Waals surface area contributed by atoms with Crippen molar-refractivity contribution in [2.24, 2.45) is 0 Å². The molecule has 1 aromatic heterocycles. The molecule has 1 N–H and O–H groups in total. The summed E-state index contributed by atoms with van der Waals surface area (Å²) >= 11 is 5.96. The van der Waals surface area contributed by atoms with Crippen LogP contribution in [0.5, 0.6) is 0 Å². The Bertz CT molecular complexity index is 595. The van der Waals surface area contributed by atoms with Gasteiger partial charge in [-0.3, -0.25) is 4.79 Å². The standard InChI is InChI=1S/C13H14ClN3O2/c1-9-6-12(15-13(18)8-19-2)17(16-9)11-5-3-4-10(14)7-11/h3-7H,8H2,1-2H3,(H,15,18). The number of carbonyl (C=O) groups excluding carboxylic acids is 1. The van der Waals surface area contributed by atoms with Gasteiger partial charge in [0.1, 0.15) is 12.4 Å². The quantitative estimate of drug-likeness (QED) is 0.935. The molecule has 0 bridgehead atoms. The number of anilines is 1. The van der Waals surface area contributed by atoms with Gasteiger partial charge in [0.15, 0.2) is 0 Å². The zero-order valence-corrected chi connectivity index (χ0v) is 11.4. The number of ether oxygens (including phenoxy) is 1. The van der Waals surface area contributed by atoms with E-state index in [1.54, 1.807) is 22.9 Å². The highest BCUT2D eigenvalue weighted by molar-refractivity contribution is 6.30. The molecule has 2 rings (SSSR count). The molecular weight excluding hydrogens is 266 g/mol. The number of benzene rings is 1. The van der Waals surface area contributed by atoms with Crippen molar-refractivity contribution in [2.45, 2.75) is 6.92 Å². The number of rotatable bonds is 4. The Kier molecular flexibility index (Phi) is 4.19. The molecule has 1 aromatic carbocycles. The van der Waals surface area contributed by atoms with Gasteiger partial charge in [-0.2, -0.15) is 5.10 Å². The Balaban J connectivity index is 2.33. The van der Waals surface area contributed by atoms with Gasteiger partial charge in [0.2, 0.25) is 0 Å². The van der Waals surface area contributed by atoms with Crippen molar-refractivity contribution in [3.8, 4) is 5.69 Å². The van der Waals surface area contributed by atoms with E-state index in [1.165, 1.54) is 7.11 Å². The van der Waals surface area contributed by atoms with Crippen molar-refractivity contribution in [1.29, 1.82) is 0 Å². The molecule has 0 fully saturated rings. The molecule has 0 aliphatic rings. The van der Waals surface area contributed by atoms with Crippen LogP contribution in [0.25, 0.3) is 5.69 Å². The fraction of sp³-hybridized carbons (Fsp3) is 0.231. The number of nitrogens with zero attached hydrogens (tertiary/aromatic N) is 2. The molecule has 19 heavy (non-hydrogen) atoms. The summed E-state index contributed by atoms with van der Waals surface area (Å²) in [7, 11) is 1.47. The molecule has 0 atom stereocenters. The predicted octanol–water partition coefficient (Wildman–Crippen LogP) is 2.42. The van der Waals surface area contributed by atoms with Gasteiger partial charge < -0.3 is 10.1 Å². The third-order valence-electron chi connectivity index (χ3n) is 2.43. The number of aromatic nitrogens is 2. The second-order valence-corrected chi connectivity index (χ2v) is 4.48. The summed E-state index contributed by atoms with van der Waals surface area (Å²) in [5.41, 5.74) is 1.58. The van der Waals surface area contributed by atoms with Crippen LogP contribution < -0.4 is 5.32 Å². The molecule has 0 saturated carbocycles. The Labute approximate surface area is 116 Å². The molecule has 2 aromatic rings. The van der Waals surface area contributed by atoms with Crippen molar-refractivity contribution < 1.29 is 9.53 Å². The first-order valence-corrected chi connectivity index (χ1v) is 6.09. The average Bonchev–Trinajstić information content (AvgIpc) is 2.70. The van der Waals surface area contributed by atoms with E-state index in [4.69, 9.17) is 16.3 Å². The van der Waals surface area contributed by atoms with Gasteiger partial charge in [-0.25, -0.2) is 4.68 Å². The molecule has 0 radical (unpaired) electrons. The molecular formula is C13H14ClN3O2. The third-order valence-corrected chi connectivity index (χ3v) is 2.66. The van der Waals surface area contributed by atoms with Crippen molar-refractivity contribution in [3.63, 3.8) is 0 Å². The summed E-state index contributed by atoms with van der Waals surface area (Å²) in [6, 6.07) is 9.04. The Morgan fingerprint density at radius 3 is 2.95 bits per heavy atom. The SMILES string of the molecule is COCC(=O)Nc1cc(C)nn1-c1cccc(Cl)c1. The van der Waals surface area contributed by atoms with Crippen LogP contribution in [-0.4, -0.2) is 29.4 Å². The Morgan fingerprint density at radius 2 is 2.26 bits per heavy atom. The van der Waals surface area contributed by atoms with Crippen LogP contribution in [0.15, 0.2) is 30.3 Å². The lowest BCUT2D eigenvalue weighted by Crippen LogP contribution is -2.19. The zero-order valence-electron chi connectivity index (χ0n) is 10.7. The van der Waals surface area contributed by atoms with Crippen molar-refractivity contribution in [1.82, 2.24) is 9.78 Å². The van der Waals surface area contributed by atoms with Crippen LogP contribution >= 0.6 is 11.6 Å². The van der Waals surface area contributed by atoms with Crippen molar-refractivity contribution in [2.75, 3.05) is 19.0 Å². The number of nitrogens with one attached hydrogen (secondary N) is 1. The van der Waals surface area contributed by atoms with E-state index in [-0.39, 0.29) is 12.5 Å². The minimum absolute atomic E-state index is 0.000225. The summed E-state index contributed by atoms with van der Waals surface area (Å²) in [4.78, 5) is 11.6. The molecule has 5 nitrogen and oxygen atoms in total. The van der Waals surface area contributed by atoms with Gasteiger partial charge in [-0.05, 0) is 25.1 Å². The zero-order chi connectivity index (χ0) is 13.8. The lowest BCUT2D eigenvalue weighted by Gasteiger charge is -2.08. The lowest BCUT2D eigenvalue weighted by atomic mass is 10.3. The molecule has 6 heteroatoms. The molecule has 0 saturated heterocycles. The maximum Gasteiger partial charge on any atom is 0.251 e. The van der Waals surface area contributed by atoms with Gasteiger partial charge in [0.05, 0.1) is 11.4 Å². The lowest BCUT2D eigenvalue weighted by molar-refractivity contribution is -0.119. The van der Waals surface area contributed by atoms with E-state index in [2.05, 4.69) is 10.4 Å². The van der Waals surface area contributed by atoms with Gasteiger partial charge in [0.25, 0.3) is 5.91 Å². The summed E-state index contributed by atoms with van der Waals surface area (Å²) in [6.07, 6.45) is 0. The highest BCUT2D eigenvalue weighted by Crippen LogP contribution is 2.20. The minimum atomic E-state index is -0.231. The maximum absolute atomic E-state index is 11.6. The minimum Gasteiger partial charge on any atom is -0.375 e. The van der Waals surface area contributed by atoms with Gasteiger partial charge in [-0.15, -0.1) is 0 Å². The summed E-state index contributed by atoms with van der Waals surface area (Å²) in [5, 5.41) is 7.69. The van der Waals surface area contributed by atoms with E-state index < -0.39 is 0 Å². The third kappa shape index (κ3) is 3.33. The number of hydrogen-bond donors (Lipinski definition) is 1. The first-order chi connectivity index (χ1) is 9.10. The van der Waals surface area contributed by atoms with Crippen LogP contribution in [0, 0.1) is 6.92 Å². The smallest absolute Gasteiger partial charge is 0.251 e. The van der Waals surface area contributed by atoms with E-state index in [1.807, 2.05) is 19.1 Å². The van der Waals surface area contributed by atoms with Gasteiger partial charge in [0, 0.05) is 18.2 Å². The topological polar surface area (TPSA) is 56.1 Å². The van der Waals surface area contributed by atoms with E-state index in [9.17, 15) is 4.79 Å². The van der Waals surface area contributed by atoms with Crippen LogP contribution in [0.3, 0.4) is 0 Å². The van der Waals surface area contributed by atoms with Crippen molar-refractivity contribution in [3.05, 3.63) is 41.0 Å². The fourth-order valence-corrected chi connectivity index (χ4v) is 1.89. The number of aryl methyl sites for hydroxylation is 1. The number of halogens is 1. The molecule has 0 unspecified atom stereocenters. The van der Waals surface area contributed by atoms with E-state index in [0.29, 0.717) is 10.8 Å². The predicted molar refractivity (Wildman–Crippen MR) is 73.8 cm³/mol. The second kappa shape index (κ2) is 5.86. The van der Waals surface area contributed by atoms with Crippen LogP contribution in [0.2, 0.25) is 5.02 Å². The van der Waals surface area contributed by atoms with Crippen molar-refractivity contribution >= 4 is 23.3 Å². The summed E-state index contributed by atoms with van der Waals surface area (Å²) < 4.78 is 6.42. The highest BCUT2D eigenvalue weighted by Gasteiger charge is 2.10. The van der Waals surface area contributed by atoms with E-state index in [0.717, 1.165) is 11.4 Å². The molecule has 100 valence electrons. The molecule has 1 heterocycles. The van der Waals surface area contributed by atoms with Gasteiger partial charge >= 0.3 is 0 Å². The fourth-order valence-electron chi connectivity index (χ4n) is 1.70. The normalized spacial score (nSPS) is 10.5. The summed E-state index contributed by atoms with van der Waals surface area (Å²) in [6.45, 7) is 1.85. The number of carbonyl (C=O) groups is 1. The highest BCUT2D eigenvalue weighted by atomic mass is 35.5. The second-order valence-electron chi connectivity index (χ2n) is 4.04. The molecule has 0 spiro atoms. The average molecular weight is 280 g/mol. The number of hydrogen-bond acceptors (Lipinski definition) is 3. The van der Waals surface area contributed by atoms with Crippen LogP contribution in [0.1, 0.15) is 5.69 Å².